The second kappa shape index (κ2) is 3.93. The van der Waals surface area contributed by atoms with E-state index in [1.807, 2.05) is 0 Å². The largest absolute Gasteiger partial charge is 0.324 e. The molecule has 0 aromatic heterocycles. The highest BCUT2D eigenvalue weighted by atomic mass is 14.7. The molecule has 0 aromatic rings. The Labute approximate surface area is 93.1 Å². The Morgan fingerprint density at radius 2 is 1.87 bits per heavy atom. The maximum absolute atomic E-state index is 6.44. The van der Waals surface area contributed by atoms with Crippen LogP contribution in [0, 0.1) is 17.8 Å². The highest BCUT2D eigenvalue weighted by Gasteiger charge is 2.47. The molecule has 0 aromatic carbocycles. The zero-order valence-electron chi connectivity index (χ0n) is 9.62. The van der Waals surface area contributed by atoms with E-state index in [9.17, 15) is 0 Å². The zero-order valence-corrected chi connectivity index (χ0v) is 9.62. The zero-order chi connectivity index (χ0) is 10.3. The maximum atomic E-state index is 6.44. The molecule has 0 aliphatic heterocycles. The molecule has 15 heavy (non-hydrogen) atoms. The third-order valence-electron chi connectivity index (χ3n) is 4.79. The summed E-state index contributed by atoms with van der Waals surface area (Å²) in [7, 11) is 0. The summed E-state index contributed by atoms with van der Waals surface area (Å²) in [5.41, 5.74) is 8.03. The van der Waals surface area contributed by atoms with Crippen LogP contribution in [0.15, 0.2) is 11.6 Å². The fourth-order valence-corrected chi connectivity index (χ4v) is 3.70. The van der Waals surface area contributed by atoms with Gasteiger partial charge < -0.3 is 5.73 Å². The van der Waals surface area contributed by atoms with E-state index < -0.39 is 0 Å². The van der Waals surface area contributed by atoms with Crippen LogP contribution in [0.25, 0.3) is 0 Å². The smallest absolute Gasteiger partial charge is 0.0282 e. The first-order chi connectivity index (χ1) is 7.34. The van der Waals surface area contributed by atoms with Gasteiger partial charge in [-0.3, -0.25) is 0 Å². The summed E-state index contributed by atoms with van der Waals surface area (Å²) < 4.78 is 0. The molecule has 3 aliphatic rings. The quantitative estimate of drug-likeness (QED) is 0.688. The van der Waals surface area contributed by atoms with Gasteiger partial charge in [0.1, 0.15) is 0 Å². The van der Waals surface area contributed by atoms with Crippen LogP contribution >= 0.6 is 0 Å². The lowest BCUT2D eigenvalue weighted by atomic mass is 9.87. The lowest BCUT2D eigenvalue weighted by Crippen LogP contribution is -2.31. The molecule has 2 N–H and O–H groups in total. The van der Waals surface area contributed by atoms with E-state index in [1.165, 1.54) is 51.4 Å². The number of hydrogen-bond donors (Lipinski definition) is 1. The molecule has 0 radical (unpaired) electrons. The summed E-state index contributed by atoms with van der Waals surface area (Å²) in [6, 6.07) is 0.413. The predicted molar refractivity (Wildman–Crippen MR) is 63.5 cm³/mol. The molecule has 3 rings (SSSR count). The minimum atomic E-state index is 0.413. The van der Waals surface area contributed by atoms with Gasteiger partial charge >= 0.3 is 0 Å². The standard InChI is InChI=1S/C14H23N/c15-14(10-5-3-1-2-4-6-10)13-8-11-7-12(11)9-13/h5,11-14H,1-4,6-9,15H2. The normalized spacial score (nSPS) is 41.7. The van der Waals surface area contributed by atoms with Crippen molar-refractivity contribution in [1.82, 2.24) is 0 Å². The van der Waals surface area contributed by atoms with Crippen molar-refractivity contribution in [2.24, 2.45) is 23.5 Å². The van der Waals surface area contributed by atoms with Crippen molar-refractivity contribution < 1.29 is 0 Å². The van der Waals surface area contributed by atoms with Gasteiger partial charge in [-0.15, -0.1) is 0 Å². The maximum Gasteiger partial charge on any atom is 0.0282 e. The van der Waals surface area contributed by atoms with Crippen molar-refractivity contribution in [2.45, 2.75) is 57.4 Å². The Bertz CT molecular complexity index is 259. The molecule has 2 saturated carbocycles. The first-order valence-corrected chi connectivity index (χ1v) is 6.79. The molecule has 3 unspecified atom stereocenters. The van der Waals surface area contributed by atoms with E-state index >= 15 is 0 Å². The second-order valence-corrected chi connectivity index (χ2v) is 5.89. The molecule has 0 saturated heterocycles. The average Bonchev–Trinajstić information content (AvgIpc) is 2.95. The number of fused-ring (bicyclic) bond motifs is 1. The van der Waals surface area contributed by atoms with Crippen molar-refractivity contribution in [3.05, 3.63) is 11.6 Å². The third kappa shape index (κ3) is 1.99. The van der Waals surface area contributed by atoms with E-state index in [4.69, 9.17) is 5.73 Å². The van der Waals surface area contributed by atoms with E-state index in [-0.39, 0.29) is 0 Å². The van der Waals surface area contributed by atoms with Crippen LogP contribution in [-0.2, 0) is 0 Å². The van der Waals surface area contributed by atoms with Crippen LogP contribution in [-0.4, -0.2) is 6.04 Å². The SMILES string of the molecule is NC(C1=CCCCCC1)C1CC2CC2C1. The number of nitrogens with two attached hydrogens (primary N) is 1. The van der Waals surface area contributed by atoms with Crippen molar-refractivity contribution in [3.8, 4) is 0 Å². The Balaban J connectivity index is 1.62. The second-order valence-electron chi connectivity index (χ2n) is 5.89. The Kier molecular flexibility index (Phi) is 2.59. The number of allylic oxidation sites excluding steroid dienone is 1. The molecule has 0 heterocycles. The molecule has 0 spiro atoms. The lowest BCUT2D eigenvalue weighted by Gasteiger charge is -2.23. The summed E-state index contributed by atoms with van der Waals surface area (Å²) in [5, 5.41) is 0. The van der Waals surface area contributed by atoms with Crippen molar-refractivity contribution in [3.63, 3.8) is 0 Å². The molecule has 1 nitrogen and oxygen atoms in total. The van der Waals surface area contributed by atoms with Gasteiger partial charge in [0.2, 0.25) is 0 Å². The number of rotatable bonds is 2. The molecule has 3 atom stereocenters. The van der Waals surface area contributed by atoms with E-state index in [1.54, 1.807) is 5.57 Å². The van der Waals surface area contributed by atoms with Gasteiger partial charge in [-0.1, -0.05) is 18.1 Å². The topological polar surface area (TPSA) is 26.0 Å². The van der Waals surface area contributed by atoms with Crippen molar-refractivity contribution in [1.29, 1.82) is 0 Å². The molecule has 0 amide bonds. The Hall–Kier alpha value is -0.300. The molecular formula is C14H23N. The molecule has 0 bridgehead atoms. The minimum absolute atomic E-state index is 0.413. The molecule has 1 heteroatoms. The van der Waals surface area contributed by atoms with E-state index in [0.29, 0.717) is 6.04 Å². The Morgan fingerprint density at radius 3 is 2.67 bits per heavy atom. The van der Waals surface area contributed by atoms with Gasteiger partial charge in [0.25, 0.3) is 0 Å². The van der Waals surface area contributed by atoms with Gasteiger partial charge in [0.15, 0.2) is 0 Å². The highest BCUT2D eigenvalue weighted by Crippen LogP contribution is 2.55. The van der Waals surface area contributed by atoms with Crippen LogP contribution in [0.1, 0.15) is 51.4 Å². The minimum Gasteiger partial charge on any atom is -0.324 e. The molecular weight excluding hydrogens is 182 g/mol. The predicted octanol–water partition coefficient (Wildman–Crippen LogP) is 3.25. The summed E-state index contributed by atoms with van der Waals surface area (Å²) in [6.45, 7) is 0. The third-order valence-corrected chi connectivity index (χ3v) is 4.79. The van der Waals surface area contributed by atoms with Crippen molar-refractivity contribution in [2.75, 3.05) is 0 Å². The lowest BCUT2D eigenvalue weighted by molar-refractivity contribution is 0.421. The van der Waals surface area contributed by atoms with Gasteiger partial charge in [-0.25, -0.2) is 0 Å². The van der Waals surface area contributed by atoms with E-state index in [0.717, 1.165) is 17.8 Å². The first-order valence-electron chi connectivity index (χ1n) is 6.79. The van der Waals surface area contributed by atoms with E-state index in [2.05, 4.69) is 6.08 Å². The van der Waals surface area contributed by atoms with Gasteiger partial charge in [-0.05, 0) is 62.7 Å². The van der Waals surface area contributed by atoms with Crippen LogP contribution in [0.2, 0.25) is 0 Å². The fraction of sp³-hybridized carbons (Fsp3) is 0.857. The Morgan fingerprint density at radius 1 is 1.07 bits per heavy atom. The first kappa shape index (κ1) is 9.89. The average molecular weight is 205 g/mol. The summed E-state index contributed by atoms with van der Waals surface area (Å²) in [6.07, 6.45) is 13.6. The summed E-state index contributed by atoms with van der Waals surface area (Å²) in [4.78, 5) is 0. The van der Waals surface area contributed by atoms with Crippen LogP contribution in [0.5, 0.6) is 0 Å². The van der Waals surface area contributed by atoms with Gasteiger partial charge in [-0.2, -0.15) is 0 Å². The summed E-state index contributed by atoms with van der Waals surface area (Å²) in [5.74, 6) is 2.98. The van der Waals surface area contributed by atoms with Crippen LogP contribution in [0.3, 0.4) is 0 Å². The fourth-order valence-electron chi connectivity index (χ4n) is 3.70. The molecule has 84 valence electrons. The van der Waals surface area contributed by atoms with Gasteiger partial charge in [0.05, 0.1) is 0 Å². The van der Waals surface area contributed by atoms with Crippen LogP contribution < -0.4 is 5.73 Å². The number of hydrogen-bond acceptors (Lipinski definition) is 1. The highest BCUT2D eigenvalue weighted by molar-refractivity contribution is 5.15. The molecule has 2 fully saturated rings. The van der Waals surface area contributed by atoms with Crippen LogP contribution in [0.4, 0.5) is 0 Å². The monoisotopic (exact) mass is 205 g/mol. The van der Waals surface area contributed by atoms with Gasteiger partial charge in [0, 0.05) is 6.04 Å². The van der Waals surface area contributed by atoms with Crippen molar-refractivity contribution >= 4 is 0 Å². The molecule has 3 aliphatic carbocycles. The summed E-state index contributed by atoms with van der Waals surface area (Å²) >= 11 is 0.